The van der Waals surface area contributed by atoms with Crippen LogP contribution in [-0.2, 0) is 0 Å². The van der Waals surface area contributed by atoms with E-state index in [4.69, 9.17) is 0 Å². The highest BCUT2D eigenvalue weighted by Crippen LogP contribution is 2.07. The second-order valence-electron chi connectivity index (χ2n) is 3.98. The van der Waals surface area contributed by atoms with E-state index < -0.39 is 0 Å². The quantitative estimate of drug-likeness (QED) is 0.739. The standard InChI is InChI=1S/C14H15N3O2S/c18-13(12-7-4-10-20-12)15-8-9-16-14(19)17-11-5-2-1-3-6-11/h1-7,10H,8-9H2,(H,15,18)(H2,16,17,19). The van der Waals surface area contributed by atoms with Crippen LogP contribution in [0.5, 0.6) is 0 Å². The Morgan fingerprint density at radius 3 is 2.40 bits per heavy atom. The van der Waals surface area contributed by atoms with Gasteiger partial charge >= 0.3 is 6.03 Å². The maximum Gasteiger partial charge on any atom is 0.319 e. The Kier molecular flexibility index (Phi) is 5.14. The summed E-state index contributed by atoms with van der Waals surface area (Å²) in [6.45, 7) is 0.759. The molecule has 20 heavy (non-hydrogen) atoms. The maximum absolute atomic E-state index is 11.6. The number of urea groups is 1. The van der Waals surface area contributed by atoms with Gasteiger partial charge in [0, 0.05) is 18.8 Å². The fraction of sp³-hybridized carbons (Fsp3) is 0.143. The molecular formula is C14H15N3O2S. The lowest BCUT2D eigenvalue weighted by Crippen LogP contribution is -2.36. The molecule has 0 spiro atoms. The largest absolute Gasteiger partial charge is 0.350 e. The molecule has 1 heterocycles. The van der Waals surface area contributed by atoms with Crippen molar-refractivity contribution in [2.24, 2.45) is 0 Å². The zero-order valence-electron chi connectivity index (χ0n) is 10.8. The maximum atomic E-state index is 11.6. The summed E-state index contributed by atoms with van der Waals surface area (Å²) in [5.41, 5.74) is 0.729. The summed E-state index contributed by atoms with van der Waals surface area (Å²) in [6, 6.07) is 12.5. The Morgan fingerprint density at radius 2 is 1.70 bits per heavy atom. The summed E-state index contributed by atoms with van der Waals surface area (Å²) in [5.74, 6) is -0.120. The molecule has 3 N–H and O–H groups in total. The number of amides is 3. The minimum absolute atomic E-state index is 0.120. The van der Waals surface area contributed by atoms with Gasteiger partial charge in [-0.05, 0) is 23.6 Å². The van der Waals surface area contributed by atoms with Crippen LogP contribution in [0.15, 0.2) is 47.8 Å². The number of rotatable bonds is 5. The monoisotopic (exact) mass is 289 g/mol. The SMILES string of the molecule is O=C(NCCNC(=O)c1cccs1)Nc1ccccc1. The van der Waals surface area contributed by atoms with Gasteiger partial charge in [0.05, 0.1) is 4.88 Å². The minimum Gasteiger partial charge on any atom is -0.350 e. The van der Waals surface area contributed by atoms with Gasteiger partial charge in [-0.25, -0.2) is 4.79 Å². The summed E-state index contributed by atoms with van der Waals surface area (Å²) < 4.78 is 0. The highest BCUT2D eigenvalue weighted by Gasteiger charge is 2.05. The van der Waals surface area contributed by atoms with Crippen LogP contribution in [0.25, 0.3) is 0 Å². The van der Waals surface area contributed by atoms with Crippen molar-refractivity contribution in [3.05, 3.63) is 52.7 Å². The summed E-state index contributed by atoms with van der Waals surface area (Å²) in [5, 5.41) is 9.95. The van der Waals surface area contributed by atoms with Gasteiger partial charge in [-0.3, -0.25) is 4.79 Å². The lowest BCUT2D eigenvalue weighted by Gasteiger charge is -2.08. The zero-order valence-corrected chi connectivity index (χ0v) is 11.6. The fourth-order valence-electron chi connectivity index (χ4n) is 1.54. The first-order valence-corrected chi connectivity index (χ1v) is 7.05. The van der Waals surface area contributed by atoms with E-state index in [1.165, 1.54) is 11.3 Å². The van der Waals surface area contributed by atoms with E-state index in [-0.39, 0.29) is 11.9 Å². The van der Waals surface area contributed by atoms with Crippen molar-refractivity contribution in [3.8, 4) is 0 Å². The van der Waals surface area contributed by atoms with E-state index in [0.29, 0.717) is 18.0 Å². The Hall–Kier alpha value is -2.34. The van der Waals surface area contributed by atoms with Crippen LogP contribution in [0.4, 0.5) is 10.5 Å². The first-order chi connectivity index (χ1) is 9.75. The number of anilines is 1. The predicted octanol–water partition coefficient (Wildman–Crippen LogP) is 2.30. The summed E-state index contributed by atoms with van der Waals surface area (Å²) in [4.78, 5) is 23.8. The Labute approximate surface area is 121 Å². The van der Waals surface area contributed by atoms with E-state index in [1.54, 1.807) is 18.2 Å². The van der Waals surface area contributed by atoms with Crippen LogP contribution in [0.3, 0.4) is 0 Å². The van der Waals surface area contributed by atoms with Crippen molar-refractivity contribution < 1.29 is 9.59 Å². The number of benzene rings is 1. The van der Waals surface area contributed by atoms with Gasteiger partial charge in [-0.15, -0.1) is 11.3 Å². The number of carbonyl (C=O) groups is 2. The summed E-state index contributed by atoms with van der Waals surface area (Å²) >= 11 is 1.39. The van der Waals surface area contributed by atoms with Crippen LogP contribution < -0.4 is 16.0 Å². The first kappa shape index (κ1) is 14.1. The lowest BCUT2D eigenvalue weighted by atomic mass is 10.3. The lowest BCUT2D eigenvalue weighted by molar-refractivity contribution is 0.0958. The van der Waals surface area contributed by atoms with Gasteiger partial charge in [0.1, 0.15) is 0 Å². The van der Waals surface area contributed by atoms with Crippen molar-refractivity contribution in [3.63, 3.8) is 0 Å². The highest BCUT2D eigenvalue weighted by atomic mass is 32.1. The van der Waals surface area contributed by atoms with Gasteiger partial charge in [0.15, 0.2) is 0 Å². The fourth-order valence-corrected chi connectivity index (χ4v) is 2.18. The average Bonchev–Trinajstić information content (AvgIpc) is 2.99. The third-order valence-electron chi connectivity index (χ3n) is 2.47. The van der Waals surface area contributed by atoms with E-state index in [0.717, 1.165) is 5.69 Å². The Morgan fingerprint density at radius 1 is 0.950 bits per heavy atom. The molecule has 104 valence electrons. The highest BCUT2D eigenvalue weighted by molar-refractivity contribution is 7.12. The first-order valence-electron chi connectivity index (χ1n) is 6.17. The predicted molar refractivity (Wildman–Crippen MR) is 80.1 cm³/mol. The third-order valence-corrected chi connectivity index (χ3v) is 3.34. The normalized spacial score (nSPS) is 9.80. The molecule has 0 aliphatic rings. The molecule has 0 atom stereocenters. The van der Waals surface area contributed by atoms with Crippen molar-refractivity contribution in [2.45, 2.75) is 0 Å². The Balaban J connectivity index is 1.64. The molecule has 0 saturated heterocycles. The number of carbonyl (C=O) groups excluding carboxylic acids is 2. The molecule has 1 aromatic carbocycles. The van der Waals surface area contributed by atoms with Gasteiger partial charge in [-0.2, -0.15) is 0 Å². The molecule has 0 radical (unpaired) electrons. The number of para-hydroxylation sites is 1. The number of hydrogen-bond acceptors (Lipinski definition) is 3. The van der Waals surface area contributed by atoms with Gasteiger partial charge in [0.25, 0.3) is 5.91 Å². The van der Waals surface area contributed by atoms with Crippen LogP contribution in [0, 0.1) is 0 Å². The molecule has 0 fully saturated rings. The molecule has 6 heteroatoms. The number of nitrogens with one attached hydrogen (secondary N) is 3. The van der Waals surface area contributed by atoms with E-state index in [1.807, 2.05) is 29.6 Å². The second kappa shape index (κ2) is 7.30. The van der Waals surface area contributed by atoms with Gasteiger partial charge < -0.3 is 16.0 Å². The molecular weight excluding hydrogens is 274 g/mol. The molecule has 1 aromatic heterocycles. The third kappa shape index (κ3) is 4.40. The smallest absolute Gasteiger partial charge is 0.319 e. The van der Waals surface area contributed by atoms with E-state index >= 15 is 0 Å². The minimum atomic E-state index is -0.290. The van der Waals surface area contributed by atoms with Crippen molar-refractivity contribution in [1.29, 1.82) is 0 Å². The van der Waals surface area contributed by atoms with Crippen molar-refractivity contribution in [2.75, 3.05) is 18.4 Å². The molecule has 0 aliphatic heterocycles. The van der Waals surface area contributed by atoms with Crippen molar-refractivity contribution in [1.82, 2.24) is 10.6 Å². The molecule has 5 nitrogen and oxygen atoms in total. The number of thiophene rings is 1. The van der Waals surface area contributed by atoms with Gasteiger partial charge in [0.2, 0.25) is 0 Å². The molecule has 0 saturated carbocycles. The van der Waals surface area contributed by atoms with Crippen molar-refractivity contribution >= 4 is 29.0 Å². The van der Waals surface area contributed by atoms with Gasteiger partial charge in [-0.1, -0.05) is 24.3 Å². The molecule has 0 unspecified atom stereocenters. The Bertz CT molecular complexity index is 555. The molecule has 3 amide bonds. The molecule has 0 aliphatic carbocycles. The number of hydrogen-bond donors (Lipinski definition) is 3. The average molecular weight is 289 g/mol. The molecule has 2 aromatic rings. The van der Waals surface area contributed by atoms with E-state index in [2.05, 4.69) is 16.0 Å². The van der Waals surface area contributed by atoms with Crippen LogP contribution in [-0.4, -0.2) is 25.0 Å². The summed E-state index contributed by atoms with van der Waals surface area (Å²) in [7, 11) is 0. The van der Waals surface area contributed by atoms with E-state index in [9.17, 15) is 9.59 Å². The van der Waals surface area contributed by atoms with Crippen LogP contribution in [0.1, 0.15) is 9.67 Å². The van der Waals surface area contributed by atoms with Crippen LogP contribution in [0.2, 0.25) is 0 Å². The second-order valence-corrected chi connectivity index (χ2v) is 4.93. The van der Waals surface area contributed by atoms with Crippen LogP contribution >= 0.6 is 11.3 Å². The summed E-state index contributed by atoms with van der Waals surface area (Å²) in [6.07, 6.45) is 0. The topological polar surface area (TPSA) is 70.2 Å². The molecule has 2 rings (SSSR count). The zero-order chi connectivity index (χ0) is 14.2. The molecule has 0 bridgehead atoms.